The summed E-state index contributed by atoms with van der Waals surface area (Å²) < 4.78 is 0. The second-order valence-electron chi connectivity index (χ2n) is 4.68. The summed E-state index contributed by atoms with van der Waals surface area (Å²) in [4.78, 5) is 11.8. The Hall–Kier alpha value is -1.40. The van der Waals surface area contributed by atoms with Crippen LogP contribution in [-0.2, 0) is 0 Å². The Kier molecular flexibility index (Phi) is 3.05. The summed E-state index contributed by atoms with van der Waals surface area (Å²) in [5.74, 6) is 1.58. The normalized spacial score (nSPS) is 20.5. The van der Waals surface area contributed by atoms with Crippen molar-refractivity contribution >= 4 is 33.3 Å². The Labute approximate surface area is 109 Å². The van der Waals surface area contributed by atoms with Gasteiger partial charge in [-0.2, -0.15) is 4.98 Å². The highest BCUT2D eigenvalue weighted by atomic mass is 32.1. The van der Waals surface area contributed by atoms with Crippen molar-refractivity contribution in [3.05, 3.63) is 11.4 Å². The number of thiophene rings is 1. The Bertz CT molecular complexity index is 556. The molecular formula is C12H16N4OS. The molecule has 0 aliphatic carbocycles. The highest BCUT2D eigenvalue weighted by molar-refractivity contribution is 7.16. The number of rotatable bonds is 2. The lowest BCUT2D eigenvalue weighted by Crippen LogP contribution is -2.37. The zero-order valence-corrected chi connectivity index (χ0v) is 10.9. The Morgan fingerprint density at radius 3 is 3.22 bits per heavy atom. The molecule has 3 N–H and O–H groups in total. The highest BCUT2D eigenvalue weighted by Crippen LogP contribution is 2.31. The standard InChI is InChI=1S/C12H16N4OS/c13-12-14-10(9-3-5-18-11(9)15-12)16-4-1-2-8(6-16)7-17/h3,5,8,17H,1-2,4,6-7H2,(H2,13,14,15). The molecule has 1 atom stereocenters. The van der Waals surface area contributed by atoms with E-state index in [0.29, 0.717) is 11.9 Å². The lowest BCUT2D eigenvalue weighted by molar-refractivity contribution is 0.208. The van der Waals surface area contributed by atoms with Gasteiger partial charge in [-0.3, -0.25) is 0 Å². The van der Waals surface area contributed by atoms with Gasteiger partial charge in [0, 0.05) is 19.7 Å². The molecule has 0 radical (unpaired) electrons. The fourth-order valence-electron chi connectivity index (χ4n) is 2.50. The van der Waals surface area contributed by atoms with Crippen LogP contribution in [0.15, 0.2) is 11.4 Å². The van der Waals surface area contributed by atoms with E-state index in [1.54, 1.807) is 11.3 Å². The predicted molar refractivity (Wildman–Crippen MR) is 73.9 cm³/mol. The molecule has 5 nitrogen and oxygen atoms in total. The fourth-order valence-corrected chi connectivity index (χ4v) is 3.27. The monoisotopic (exact) mass is 264 g/mol. The number of anilines is 2. The smallest absolute Gasteiger partial charge is 0.223 e. The van der Waals surface area contributed by atoms with E-state index in [2.05, 4.69) is 14.9 Å². The van der Waals surface area contributed by atoms with Crippen molar-refractivity contribution in [2.45, 2.75) is 12.8 Å². The van der Waals surface area contributed by atoms with Crippen LogP contribution in [0.3, 0.4) is 0 Å². The Morgan fingerprint density at radius 1 is 1.50 bits per heavy atom. The predicted octanol–water partition coefficient (Wildman–Crippen LogP) is 1.48. The average molecular weight is 264 g/mol. The van der Waals surface area contributed by atoms with Crippen LogP contribution in [0.5, 0.6) is 0 Å². The maximum Gasteiger partial charge on any atom is 0.223 e. The molecule has 0 amide bonds. The molecule has 0 saturated carbocycles. The van der Waals surface area contributed by atoms with Gasteiger partial charge in [0.15, 0.2) is 0 Å². The van der Waals surface area contributed by atoms with E-state index in [4.69, 9.17) is 5.73 Å². The van der Waals surface area contributed by atoms with Crippen molar-refractivity contribution in [2.75, 3.05) is 30.3 Å². The number of nitrogens with zero attached hydrogens (tertiary/aromatic N) is 3. The van der Waals surface area contributed by atoms with E-state index in [1.807, 2.05) is 11.4 Å². The van der Waals surface area contributed by atoms with E-state index >= 15 is 0 Å². The van der Waals surface area contributed by atoms with Crippen LogP contribution in [-0.4, -0.2) is 34.8 Å². The molecule has 1 fully saturated rings. The first-order chi connectivity index (χ1) is 8.78. The van der Waals surface area contributed by atoms with Gasteiger partial charge in [0.25, 0.3) is 0 Å². The van der Waals surface area contributed by atoms with Crippen molar-refractivity contribution in [3.63, 3.8) is 0 Å². The second kappa shape index (κ2) is 4.70. The summed E-state index contributed by atoms with van der Waals surface area (Å²) in [6, 6.07) is 2.04. The molecular weight excluding hydrogens is 248 g/mol. The molecule has 3 rings (SSSR count). The molecule has 1 aliphatic heterocycles. The van der Waals surface area contributed by atoms with Gasteiger partial charge in [0.05, 0.1) is 5.39 Å². The van der Waals surface area contributed by atoms with Crippen LogP contribution in [0.25, 0.3) is 10.2 Å². The molecule has 1 unspecified atom stereocenters. The van der Waals surface area contributed by atoms with Crippen LogP contribution in [0.4, 0.5) is 11.8 Å². The Morgan fingerprint density at radius 2 is 2.39 bits per heavy atom. The van der Waals surface area contributed by atoms with Crippen LogP contribution in [0, 0.1) is 5.92 Å². The van der Waals surface area contributed by atoms with Gasteiger partial charge in [-0.05, 0) is 30.2 Å². The molecule has 0 aromatic carbocycles. The summed E-state index contributed by atoms with van der Waals surface area (Å²) >= 11 is 1.58. The summed E-state index contributed by atoms with van der Waals surface area (Å²) in [5, 5.41) is 12.4. The third-order valence-electron chi connectivity index (χ3n) is 3.40. The topological polar surface area (TPSA) is 75.3 Å². The zero-order chi connectivity index (χ0) is 12.5. The van der Waals surface area contributed by atoms with Crippen LogP contribution < -0.4 is 10.6 Å². The number of piperidine rings is 1. The molecule has 0 bridgehead atoms. The fraction of sp³-hybridized carbons (Fsp3) is 0.500. The molecule has 0 spiro atoms. The summed E-state index contributed by atoms with van der Waals surface area (Å²) in [6.45, 7) is 2.06. The van der Waals surface area contributed by atoms with E-state index in [-0.39, 0.29) is 6.61 Å². The maximum atomic E-state index is 9.30. The van der Waals surface area contributed by atoms with Gasteiger partial charge >= 0.3 is 0 Å². The van der Waals surface area contributed by atoms with Gasteiger partial charge in [-0.15, -0.1) is 11.3 Å². The molecule has 96 valence electrons. The lowest BCUT2D eigenvalue weighted by atomic mass is 9.99. The minimum atomic E-state index is 0.240. The number of aliphatic hydroxyl groups is 1. The van der Waals surface area contributed by atoms with Gasteiger partial charge in [0.2, 0.25) is 5.95 Å². The summed E-state index contributed by atoms with van der Waals surface area (Å²) in [7, 11) is 0. The number of hydrogen-bond acceptors (Lipinski definition) is 6. The molecule has 1 saturated heterocycles. The van der Waals surface area contributed by atoms with E-state index < -0.39 is 0 Å². The Balaban J connectivity index is 2.00. The van der Waals surface area contributed by atoms with Gasteiger partial charge in [-0.25, -0.2) is 4.98 Å². The van der Waals surface area contributed by atoms with Crippen molar-refractivity contribution in [2.24, 2.45) is 5.92 Å². The summed E-state index contributed by atoms with van der Waals surface area (Å²) in [5.41, 5.74) is 5.77. The third kappa shape index (κ3) is 2.02. The van der Waals surface area contributed by atoms with Crippen molar-refractivity contribution < 1.29 is 5.11 Å². The minimum Gasteiger partial charge on any atom is -0.396 e. The number of aliphatic hydroxyl groups excluding tert-OH is 1. The van der Waals surface area contributed by atoms with Gasteiger partial charge in [0.1, 0.15) is 10.6 Å². The second-order valence-corrected chi connectivity index (χ2v) is 5.58. The minimum absolute atomic E-state index is 0.240. The van der Waals surface area contributed by atoms with Crippen LogP contribution >= 0.6 is 11.3 Å². The van der Waals surface area contributed by atoms with Gasteiger partial charge < -0.3 is 15.7 Å². The molecule has 2 aromatic rings. The zero-order valence-electron chi connectivity index (χ0n) is 10.0. The largest absolute Gasteiger partial charge is 0.396 e. The SMILES string of the molecule is Nc1nc(N2CCCC(CO)C2)c2ccsc2n1. The third-order valence-corrected chi connectivity index (χ3v) is 4.21. The van der Waals surface area contributed by atoms with Crippen LogP contribution in [0.1, 0.15) is 12.8 Å². The number of nitrogen functional groups attached to an aromatic ring is 1. The van der Waals surface area contributed by atoms with Crippen LogP contribution in [0.2, 0.25) is 0 Å². The quantitative estimate of drug-likeness (QED) is 0.859. The molecule has 3 heterocycles. The number of fused-ring (bicyclic) bond motifs is 1. The van der Waals surface area contributed by atoms with Crippen molar-refractivity contribution in [1.82, 2.24) is 9.97 Å². The van der Waals surface area contributed by atoms with E-state index in [1.165, 1.54) is 0 Å². The number of nitrogens with two attached hydrogens (primary N) is 1. The van der Waals surface area contributed by atoms with Crippen molar-refractivity contribution in [1.29, 1.82) is 0 Å². The maximum absolute atomic E-state index is 9.30. The lowest BCUT2D eigenvalue weighted by Gasteiger charge is -2.33. The highest BCUT2D eigenvalue weighted by Gasteiger charge is 2.22. The van der Waals surface area contributed by atoms with Gasteiger partial charge in [-0.1, -0.05) is 0 Å². The first-order valence-corrected chi connectivity index (χ1v) is 7.02. The number of hydrogen-bond donors (Lipinski definition) is 2. The molecule has 2 aromatic heterocycles. The molecule has 18 heavy (non-hydrogen) atoms. The first-order valence-electron chi connectivity index (χ1n) is 6.14. The van der Waals surface area contributed by atoms with E-state index in [9.17, 15) is 5.11 Å². The first kappa shape index (κ1) is 11.7. The number of aromatic nitrogens is 2. The average Bonchev–Trinajstić information content (AvgIpc) is 2.85. The molecule has 6 heteroatoms. The van der Waals surface area contributed by atoms with E-state index in [0.717, 1.165) is 42.0 Å². The van der Waals surface area contributed by atoms with Crippen molar-refractivity contribution in [3.8, 4) is 0 Å². The molecule has 1 aliphatic rings. The summed E-state index contributed by atoms with van der Waals surface area (Å²) in [6.07, 6.45) is 2.17.